The first kappa shape index (κ1) is 14.7. The zero-order chi connectivity index (χ0) is 16.6. The summed E-state index contributed by atoms with van der Waals surface area (Å²) in [7, 11) is 0. The Morgan fingerprint density at radius 2 is 1.79 bits per heavy atom. The molecular weight excluding hydrogens is 300 g/mol. The molecule has 2 aromatic rings. The van der Waals surface area contributed by atoms with Crippen LogP contribution in [0.4, 0.5) is 4.79 Å². The van der Waals surface area contributed by atoms with Crippen LogP contribution in [-0.2, 0) is 16.8 Å². The number of amides is 3. The van der Waals surface area contributed by atoms with Crippen molar-refractivity contribution in [1.29, 1.82) is 0 Å². The number of hydrogen-bond donors (Lipinski definition) is 1. The van der Waals surface area contributed by atoms with Gasteiger partial charge in [0, 0.05) is 6.54 Å². The topological polar surface area (TPSA) is 49.4 Å². The molecule has 0 saturated carbocycles. The SMILES string of the molecule is O=C1N[C@]2(CCc3ccccc32)C(=O)N1C/C=C/c1ccccc1. The van der Waals surface area contributed by atoms with Crippen molar-refractivity contribution < 1.29 is 9.59 Å². The number of rotatable bonds is 3. The number of imide groups is 1. The lowest BCUT2D eigenvalue weighted by atomic mass is 9.92. The Bertz CT molecular complexity index is 829. The highest BCUT2D eigenvalue weighted by atomic mass is 16.2. The molecule has 1 heterocycles. The number of nitrogens with zero attached hydrogens (tertiary/aromatic N) is 1. The van der Waals surface area contributed by atoms with Gasteiger partial charge < -0.3 is 5.32 Å². The second-order valence-corrected chi connectivity index (χ2v) is 6.22. The minimum Gasteiger partial charge on any atom is -0.319 e. The number of urea groups is 1. The van der Waals surface area contributed by atoms with Crippen molar-refractivity contribution in [1.82, 2.24) is 10.2 Å². The summed E-state index contributed by atoms with van der Waals surface area (Å²) in [6.07, 6.45) is 5.23. The molecule has 1 spiro atoms. The van der Waals surface area contributed by atoms with Gasteiger partial charge in [-0.1, -0.05) is 66.7 Å². The van der Waals surface area contributed by atoms with E-state index in [0.29, 0.717) is 6.42 Å². The van der Waals surface area contributed by atoms with E-state index in [2.05, 4.69) is 5.32 Å². The predicted octanol–water partition coefficient (Wildman–Crippen LogP) is 3.09. The van der Waals surface area contributed by atoms with Gasteiger partial charge in [0.05, 0.1) is 0 Å². The number of aryl methyl sites for hydroxylation is 1. The van der Waals surface area contributed by atoms with E-state index in [1.54, 1.807) is 0 Å². The third-order valence-electron chi connectivity index (χ3n) is 4.82. The van der Waals surface area contributed by atoms with E-state index in [-0.39, 0.29) is 18.5 Å². The van der Waals surface area contributed by atoms with Crippen LogP contribution in [0.15, 0.2) is 60.7 Å². The lowest BCUT2D eigenvalue weighted by Gasteiger charge is -2.22. The normalized spacial score (nSPS) is 22.4. The van der Waals surface area contributed by atoms with Gasteiger partial charge in [-0.2, -0.15) is 0 Å². The fourth-order valence-electron chi connectivity index (χ4n) is 3.61. The first-order chi connectivity index (χ1) is 11.7. The predicted molar refractivity (Wildman–Crippen MR) is 92.2 cm³/mol. The summed E-state index contributed by atoms with van der Waals surface area (Å²) in [5, 5.41) is 2.94. The molecule has 24 heavy (non-hydrogen) atoms. The van der Waals surface area contributed by atoms with E-state index < -0.39 is 5.54 Å². The Balaban J connectivity index is 1.56. The van der Waals surface area contributed by atoms with Crippen molar-refractivity contribution in [3.63, 3.8) is 0 Å². The van der Waals surface area contributed by atoms with Crippen LogP contribution in [0.3, 0.4) is 0 Å². The Kier molecular flexibility index (Phi) is 3.45. The minimum absolute atomic E-state index is 0.143. The van der Waals surface area contributed by atoms with Gasteiger partial charge in [-0.05, 0) is 29.5 Å². The van der Waals surface area contributed by atoms with Crippen molar-refractivity contribution in [3.8, 4) is 0 Å². The maximum atomic E-state index is 13.0. The molecule has 2 aliphatic rings. The van der Waals surface area contributed by atoms with E-state index in [9.17, 15) is 9.59 Å². The average molecular weight is 318 g/mol. The molecule has 0 unspecified atom stereocenters. The van der Waals surface area contributed by atoms with E-state index in [1.807, 2.05) is 66.7 Å². The summed E-state index contributed by atoms with van der Waals surface area (Å²) in [5.74, 6) is -0.143. The summed E-state index contributed by atoms with van der Waals surface area (Å²) < 4.78 is 0. The lowest BCUT2D eigenvalue weighted by molar-refractivity contribution is -0.131. The van der Waals surface area contributed by atoms with Gasteiger partial charge in [-0.15, -0.1) is 0 Å². The molecule has 0 aromatic heterocycles. The summed E-state index contributed by atoms with van der Waals surface area (Å²) in [5.41, 5.74) is 2.27. The van der Waals surface area contributed by atoms with E-state index in [1.165, 1.54) is 4.90 Å². The minimum atomic E-state index is -0.867. The van der Waals surface area contributed by atoms with Crippen LogP contribution < -0.4 is 5.32 Å². The molecule has 1 aliphatic carbocycles. The molecule has 1 aliphatic heterocycles. The summed E-state index contributed by atoms with van der Waals surface area (Å²) in [4.78, 5) is 26.6. The monoisotopic (exact) mass is 318 g/mol. The van der Waals surface area contributed by atoms with Crippen molar-refractivity contribution >= 4 is 18.0 Å². The van der Waals surface area contributed by atoms with Crippen LogP contribution >= 0.6 is 0 Å². The highest BCUT2D eigenvalue weighted by Crippen LogP contribution is 2.41. The molecule has 4 heteroatoms. The van der Waals surface area contributed by atoms with Crippen LogP contribution in [0.1, 0.15) is 23.1 Å². The number of benzene rings is 2. The second kappa shape index (κ2) is 5.64. The number of fused-ring (bicyclic) bond motifs is 2. The van der Waals surface area contributed by atoms with E-state index in [4.69, 9.17) is 0 Å². The van der Waals surface area contributed by atoms with Crippen LogP contribution in [0.5, 0.6) is 0 Å². The first-order valence-corrected chi connectivity index (χ1v) is 8.15. The lowest BCUT2D eigenvalue weighted by Crippen LogP contribution is -2.41. The van der Waals surface area contributed by atoms with Gasteiger partial charge in [0.15, 0.2) is 0 Å². The largest absolute Gasteiger partial charge is 0.325 e. The molecule has 0 radical (unpaired) electrons. The van der Waals surface area contributed by atoms with Gasteiger partial charge in [0.1, 0.15) is 5.54 Å². The Hall–Kier alpha value is -2.88. The Morgan fingerprint density at radius 1 is 1.04 bits per heavy atom. The van der Waals surface area contributed by atoms with Crippen LogP contribution in [0.2, 0.25) is 0 Å². The molecule has 120 valence electrons. The Labute approximate surface area is 140 Å². The fourth-order valence-corrected chi connectivity index (χ4v) is 3.61. The Morgan fingerprint density at radius 3 is 2.62 bits per heavy atom. The molecule has 1 atom stereocenters. The zero-order valence-corrected chi connectivity index (χ0v) is 13.2. The molecule has 0 bridgehead atoms. The average Bonchev–Trinajstić information content (AvgIpc) is 3.09. The van der Waals surface area contributed by atoms with Crippen LogP contribution in [0.25, 0.3) is 6.08 Å². The van der Waals surface area contributed by atoms with E-state index in [0.717, 1.165) is 23.1 Å². The van der Waals surface area contributed by atoms with Crippen LogP contribution in [-0.4, -0.2) is 23.4 Å². The first-order valence-electron chi connectivity index (χ1n) is 8.15. The number of carbonyl (C=O) groups is 2. The van der Waals surface area contributed by atoms with Gasteiger partial charge in [0.25, 0.3) is 5.91 Å². The maximum Gasteiger partial charge on any atom is 0.325 e. The maximum absolute atomic E-state index is 13.0. The van der Waals surface area contributed by atoms with Gasteiger partial charge >= 0.3 is 6.03 Å². The van der Waals surface area contributed by atoms with Crippen molar-refractivity contribution in [3.05, 3.63) is 77.4 Å². The van der Waals surface area contributed by atoms with Crippen molar-refractivity contribution in [2.24, 2.45) is 0 Å². The molecule has 4 nitrogen and oxygen atoms in total. The smallest absolute Gasteiger partial charge is 0.319 e. The molecular formula is C20H18N2O2. The molecule has 1 saturated heterocycles. The summed E-state index contributed by atoms with van der Waals surface area (Å²) in [6, 6.07) is 17.4. The molecule has 2 aromatic carbocycles. The highest BCUT2D eigenvalue weighted by molar-refractivity contribution is 6.08. The van der Waals surface area contributed by atoms with Gasteiger partial charge in [-0.3, -0.25) is 9.69 Å². The van der Waals surface area contributed by atoms with E-state index >= 15 is 0 Å². The summed E-state index contributed by atoms with van der Waals surface area (Å²) >= 11 is 0. The standard InChI is InChI=1S/C20H18N2O2/c23-18-20(13-12-16-10-4-5-11-17(16)20)21-19(24)22(18)14-6-9-15-7-2-1-3-8-15/h1-11H,12-14H2,(H,21,24)/b9-6+/t20-/m0/s1. The number of carbonyl (C=O) groups excluding carboxylic acids is 2. The third kappa shape index (κ3) is 2.22. The number of nitrogens with one attached hydrogen (secondary N) is 1. The van der Waals surface area contributed by atoms with Crippen molar-refractivity contribution in [2.45, 2.75) is 18.4 Å². The molecule has 1 fully saturated rings. The molecule has 3 amide bonds. The quantitative estimate of drug-likeness (QED) is 0.884. The third-order valence-corrected chi connectivity index (χ3v) is 4.82. The van der Waals surface area contributed by atoms with Crippen molar-refractivity contribution in [2.75, 3.05) is 6.54 Å². The second-order valence-electron chi connectivity index (χ2n) is 6.22. The van der Waals surface area contributed by atoms with Gasteiger partial charge in [0.2, 0.25) is 0 Å². The number of hydrogen-bond acceptors (Lipinski definition) is 2. The highest BCUT2D eigenvalue weighted by Gasteiger charge is 2.54. The van der Waals surface area contributed by atoms with Crippen LogP contribution in [0, 0.1) is 0 Å². The molecule has 1 N–H and O–H groups in total. The zero-order valence-electron chi connectivity index (χ0n) is 13.2. The fraction of sp³-hybridized carbons (Fsp3) is 0.200. The molecule has 4 rings (SSSR count). The summed E-state index contributed by atoms with van der Waals surface area (Å²) in [6.45, 7) is 0.281. The van der Waals surface area contributed by atoms with Gasteiger partial charge in [-0.25, -0.2) is 4.79 Å².